The van der Waals surface area contributed by atoms with Gasteiger partial charge in [-0.2, -0.15) is 0 Å². The largest absolute Gasteiger partial charge is 0.396 e. The number of aliphatic hydroxyl groups is 1. The van der Waals surface area contributed by atoms with Crippen molar-refractivity contribution in [2.75, 3.05) is 6.61 Å². The van der Waals surface area contributed by atoms with Crippen molar-refractivity contribution in [1.29, 1.82) is 0 Å². The van der Waals surface area contributed by atoms with Gasteiger partial charge in [-0.25, -0.2) is 0 Å². The highest BCUT2D eigenvalue weighted by molar-refractivity contribution is 6.06. The van der Waals surface area contributed by atoms with Crippen molar-refractivity contribution in [2.24, 2.45) is 5.92 Å². The molecule has 18 heavy (non-hydrogen) atoms. The van der Waals surface area contributed by atoms with Gasteiger partial charge in [0.2, 0.25) is 0 Å². The Morgan fingerprint density at radius 3 is 2.83 bits per heavy atom. The van der Waals surface area contributed by atoms with Crippen LogP contribution in [-0.2, 0) is 0 Å². The SMILES string of the molecule is CC(CO)C(C)NC(=O)c1c[nH]c2ccccc12. The summed E-state index contributed by atoms with van der Waals surface area (Å²) < 4.78 is 0. The van der Waals surface area contributed by atoms with Gasteiger partial charge in [-0.05, 0) is 18.9 Å². The van der Waals surface area contributed by atoms with Gasteiger partial charge in [0, 0.05) is 29.7 Å². The van der Waals surface area contributed by atoms with Crippen molar-refractivity contribution >= 4 is 16.8 Å². The van der Waals surface area contributed by atoms with Gasteiger partial charge >= 0.3 is 0 Å². The lowest BCUT2D eigenvalue weighted by Gasteiger charge is -2.18. The fraction of sp³-hybridized carbons (Fsp3) is 0.357. The van der Waals surface area contributed by atoms with E-state index in [2.05, 4.69) is 10.3 Å². The molecule has 0 spiro atoms. The number of carbonyl (C=O) groups is 1. The molecular formula is C14H18N2O2. The molecule has 1 aromatic heterocycles. The van der Waals surface area contributed by atoms with Crippen LogP contribution in [0.15, 0.2) is 30.5 Å². The van der Waals surface area contributed by atoms with Gasteiger partial charge in [0.05, 0.1) is 5.56 Å². The van der Waals surface area contributed by atoms with Crippen LogP contribution in [0.4, 0.5) is 0 Å². The molecule has 96 valence electrons. The van der Waals surface area contributed by atoms with Crippen LogP contribution in [0.3, 0.4) is 0 Å². The first-order valence-corrected chi connectivity index (χ1v) is 6.11. The highest BCUT2D eigenvalue weighted by Gasteiger charge is 2.17. The highest BCUT2D eigenvalue weighted by Crippen LogP contribution is 2.17. The Hall–Kier alpha value is -1.81. The summed E-state index contributed by atoms with van der Waals surface area (Å²) in [6, 6.07) is 7.63. The zero-order valence-corrected chi connectivity index (χ0v) is 10.6. The van der Waals surface area contributed by atoms with E-state index in [1.807, 2.05) is 38.1 Å². The van der Waals surface area contributed by atoms with E-state index in [9.17, 15) is 4.79 Å². The minimum atomic E-state index is -0.111. The molecule has 2 rings (SSSR count). The fourth-order valence-electron chi connectivity index (χ4n) is 1.84. The number of amides is 1. The van der Waals surface area contributed by atoms with E-state index < -0.39 is 0 Å². The summed E-state index contributed by atoms with van der Waals surface area (Å²) in [6.45, 7) is 3.86. The first-order valence-electron chi connectivity index (χ1n) is 6.11. The lowest BCUT2D eigenvalue weighted by atomic mass is 10.0. The second-order valence-electron chi connectivity index (χ2n) is 4.67. The molecule has 0 aliphatic carbocycles. The average Bonchev–Trinajstić information content (AvgIpc) is 2.81. The van der Waals surface area contributed by atoms with Gasteiger partial charge < -0.3 is 15.4 Å². The number of para-hydroxylation sites is 1. The lowest BCUT2D eigenvalue weighted by Crippen LogP contribution is -2.38. The number of hydrogen-bond donors (Lipinski definition) is 3. The number of rotatable bonds is 4. The lowest BCUT2D eigenvalue weighted by molar-refractivity contribution is 0.0918. The predicted molar refractivity (Wildman–Crippen MR) is 71.5 cm³/mol. The molecule has 0 radical (unpaired) electrons. The maximum atomic E-state index is 12.1. The maximum absolute atomic E-state index is 12.1. The number of aromatic nitrogens is 1. The Balaban J connectivity index is 2.19. The number of aromatic amines is 1. The van der Waals surface area contributed by atoms with Crippen molar-refractivity contribution in [3.8, 4) is 0 Å². The van der Waals surface area contributed by atoms with Crippen LogP contribution in [0.2, 0.25) is 0 Å². The third-order valence-electron chi connectivity index (χ3n) is 3.33. The molecule has 0 bridgehead atoms. The molecule has 2 unspecified atom stereocenters. The molecule has 0 saturated heterocycles. The summed E-state index contributed by atoms with van der Waals surface area (Å²) in [5, 5.41) is 12.9. The number of hydrogen-bond acceptors (Lipinski definition) is 2. The van der Waals surface area contributed by atoms with Crippen LogP contribution < -0.4 is 5.32 Å². The van der Waals surface area contributed by atoms with Crippen LogP contribution in [0, 0.1) is 5.92 Å². The summed E-state index contributed by atoms with van der Waals surface area (Å²) in [5.74, 6) is -0.0700. The molecular weight excluding hydrogens is 228 g/mol. The molecule has 1 aromatic carbocycles. The molecule has 0 fully saturated rings. The van der Waals surface area contributed by atoms with E-state index >= 15 is 0 Å². The molecule has 4 heteroatoms. The van der Waals surface area contributed by atoms with Crippen molar-refractivity contribution in [3.05, 3.63) is 36.0 Å². The monoisotopic (exact) mass is 246 g/mol. The van der Waals surface area contributed by atoms with Gasteiger partial charge in [-0.3, -0.25) is 4.79 Å². The molecule has 2 aromatic rings. The van der Waals surface area contributed by atoms with E-state index in [-0.39, 0.29) is 24.5 Å². The van der Waals surface area contributed by atoms with E-state index in [1.165, 1.54) is 0 Å². The summed E-state index contributed by atoms with van der Waals surface area (Å²) in [5.41, 5.74) is 1.59. The molecule has 0 aliphatic heterocycles. The molecule has 1 heterocycles. The minimum absolute atomic E-state index is 0.0409. The number of carbonyl (C=O) groups excluding carboxylic acids is 1. The van der Waals surface area contributed by atoms with Crippen LogP contribution >= 0.6 is 0 Å². The van der Waals surface area contributed by atoms with Gasteiger partial charge in [-0.1, -0.05) is 25.1 Å². The van der Waals surface area contributed by atoms with E-state index in [1.54, 1.807) is 6.20 Å². The third kappa shape index (κ3) is 2.38. The quantitative estimate of drug-likeness (QED) is 0.771. The Bertz CT molecular complexity index is 547. The van der Waals surface area contributed by atoms with E-state index in [0.29, 0.717) is 5.56 Å². The third-order valence-corrected chi connectivity index (χ3v) is 3.33. The van der Waals surface area contributed by atoms with Crippen LogP contribution in [0.25, 0.3) is 10.9 Å². The van der Waals surface area contributed by atoms with Gasteiger partial charge in [0.15, 0.2) is 0 Å². The number of nitrogens with one attached hydrogen (secondary N) is 2. The predicted octanol–water partition coefficient (Wildman–Crippen LogP) is 1.91. The minimum Gasteiger partial charge on any atom is -0.396 e. The average molecular weight is 246 g/mol. The van der Waals surface area contributed by atoms with E-state index in [0.717, 1.165) is 10.9 Å². The number of benzene rings is 1. The number of aliphatic hydroxyl groups excluding tert-OH is 1. The Morgan fingerprint density at radius 2 is 2.11 bits per heavy atom. The molecule has 2 atom stereocenters. The van der Waals surface area contributed by atoms with Crippen molar-refractivity contribution in [2.45, 2.75) is 19.9 Å². The molecule has 0 aliphatic rings. The summed E-state index contributed by atoms with van der Waals surface area (Å²) in [4.78, 5) is 15.2. The Labute approximate surface area is 106 Å². The zero-order chi connectivity index (χ0) is 13.1. The van der Waals surface area contributed by atoms with Gasteiger partial charge in [0.25, 0.3) is 5.91 Å². The number of H-pyrrole nitrogens is 1. The Kier molecular flexibility index (Phi) is 3.67. The molecule has 4 nitrogen and oxygen atoms in total. The molecule has 3 N–H and O–H groups in total. The van der Waals surface area contributed by atoms with Gasteiger partial charge in [0.1, 0.15) is 0 Å². The van der Waals surface area contributed by atoms with Crippen LogP contribution in [0.1, 0.15) is 24.2 Å². The number of fused-ring (bicyclic) bond motifs is 1. The standard InChI is InChI=1S/C14H18N2O2/c1-9(8-17)10(2)16-14(18)12-7-15-13-6-4-3-5-11(12)13/h3-7,9-10,15,17H,8H2,1-2H3,(H,16,18). The van der Waals surface area contributed by atoms with E-state index in [4.69, 9.17) is 5.11 Å². The molecule has 0 saturated carbocycles. The fourth-order valence-corrected chi connectivity index (χ4v) is 1.84. The second kappa shape index (κ2) is 5.23. The first kappa shape index (κ1) is 12.6. The summed E-state index contributed by atoms with van der Waals surface area (Å²) >= 11 is 0. The second-order valence-corrected chi connectivity index (χ2v) is 4.67. The highest BCUT2D eigenvalue weighted by atomic mass is 16.3. The van der Waals surface area contributed by atoms with Crippen LogP contribution in [-0.4, -0.2) is 28.6 Å². The first-order chi connectivity index (χ1) is 8.63. The summed E-state index contributed by atoms with van der Waals surface area (Å²) in [7, 11) is 0. The Morgan fingerprint density at radius 1 is 1.39 bits per heavy atom. The van der Waals surface area contributed by atoms with Crippen molar-refractivity contribution < 1.29 is 9.90 Å². The molecule has 1 amide bonds. The maximum Gasteiger partial charge on any atom is 0.253 e. The van der Waals surface area contributed by atoms with Crippen LogP contribution in [0.5, 0.6) is 0 Å². The van der Waals surface area contributed by atoms with Crippen molar-refractivity contribution in [3.63, 3.8) is 0 Å². The normalized spacial score (nSPS) is 14.4. The summed E-state index contributed by atoms with van der Waals surface area (Å²) in [6.07, 6.45) is 1.72. The topological polar surface area (TPSA) is 65.1 Å². The zero-order valence-electron chi connectivity index (χ0n) is 10.6. The van der Waals surface area contributed by atoms with Crippen molar-refractivity contribution in [1.82, 2.24) is 10.3 Å². The smallest absolute Gasteiger partial charge is 0.253 e. The van der Waals surface area contributed by atoms with Gasteiger partial charge in [-0.15, -0.1) is 0 Å².